The Morgan fingerprint density at radius 2 is 2.30 bits per heavy atom. The molecule has 0 saturated heterocycles. The summed E-state index contributed by atoms with van der Waals surface area (Å²) in [4.78, 5) is 25.9. The van der Waals surface area contributed by atoms with Crippen LogP contribution in [-0.4, -0.2) is 26.0 Å². The fraction of sp³-hybridized carbons (Fsp3) is 0.100. The molecular weight excluding hydrogens is 266 g/mol. The molecule has 20 heavy (non-hydrogen) atoms. The molecule has 0 atom stereocenters. The fourth-order valence-electron chi connectivity index (χ4n) is 1.53. The summed E-state index contributed by atoms with van der Waals surface area (Å²) in [6.07, 6.45) is 1.31. The first-order valence-corrected chi connectivity index (χ1v) is 5.49. The molecule has 10 heteroatoms. The van der Waals surface area contributed by atoms with Gasteiger partial charge in [0.2, 0.25) is 0 Å². The number of hydrogen-bond donors (Lipinski definition) is 4. The maximum absolute atomic E-state index is 11.9. The number of rotatable bonds is 5. The summed E-state index contributed by atoms with van der Waals surface area (Å²) in [5.74, 6) is 5.18. The third-order valence-corrected chi connectivity index (χ3v) is 2.49. The second-order valence-electron chi connectivity index (χ2n) is 3.75. The minimum atomic E-state index is -0.623. The number of amides is 1. The number of nitrogens with zero attached hydrogens (tertiary/aromatic N) is 3. The minimum Gasteiger partial charge on any atom is -0.345 e. The van der Waals surface area contributed by atoms with Crippen LogP contribution in [0.15, 0.2) is 24.5 Å². The third kappa shape index (κ3) is 2.87. The normalized spacial score (nSPS) is 10.1. The van der Waals surface area contributed by atoms with Gasteiger partial charge in [-0.25, -0.2) is 4.98 Å². The van der Waals surface area contributed by atoms with Crippen LogP contribution in [0, 0.1) is 10.1 Å². The van der Waals surface area contributed by atoms with E-state index in [9.17, 15) is 14.9 Å². The second kappa shape index (κ2) is 5.75. The van der Waals surface area contributed by atoms with Crippen molar-refractivity contribution in [1.29, 1.82) is 0 Å². The SMILES string of the molecule is NNc1ccc(C(=O)NCc2ncn[nH]2)cc1[N+](=O)[O-]. The Morgan fingerprint density at radius 1 is 1.50 bits per heavy atom. The highest BCUT2D eigenvalue weighted by atomic mass is 16.6. The van der Waals surface area contributed by atoms with Crippen LogP contribution in [-0.2, 0) is 6.54 Å². The van der Waals surface area contributed by atoms with Gasteiger partial charge in [0, 0.05) is 11.6 Å². The van der Waals surface area contributed by atoms with E-state index in [0.29, 0.717) is 5.82 Å². The van der Waals surface area contributed by atoms with Crippen LogP contribution >= 0.6 is 0 Å². The molecule has 0 radical (unpaired) electrons. The maximum atomic E-state index is 11.9. The van der Waals surface area contributed by atoms with Crippen LogP contribution in [0.2, 0.25) is 0 Å². The summed E-state index contributed by atoms with van der Waals surface area (Å²) >= 11 is 0. The first-order chi connectivity index (χ1) is 9.61. The number of hydrogen-bond acceptors (Lipinski definition) is 7. The van der Waals surface area contributed by atoms with E-state index in [4.69, 9.17) is 5.84 Å². The first kappa shape index (κ1) is 13.4. The molecule has 0 unspecified atom stereocenters. The highest BCUT2D eigenvalue weighted by Gasteiger charge is 2.17. The predicted octanol–water partition coefficient (Wildman–Crippen LogP) is -0.0715. The lowest BCUT2D eigenvalue weighted by Crippen LogP contribution is -2.23. The summed E-state index contributed by atoms with van der Waals surface area (Å²) in [6.45, 7) is 0.142. The number of aromatic amines is 1. The van der Waals surface area contributed by atoms with Crippen molar-refractivity contribution < 1.29 is 9.72 Å². The standard InChI is InChI=1S/C10H11N7O3/c11-15-7-2-1-6(3-8(7)17(19)20)10(18)12-4-9-13-5-14-16-9/h1-3,5,15H,4,11H2,(H,12,18)(H,13,14,16). The molecule has 5 N–H and O–H groups in total. The van der Waals surface area contributed by atoms with Crippen molar-refractivity contribution in [3.05, 3.63) is 46.0 Å². The average Bonchev–Trinajstić information content (AvgIpc) is 2.97. The Bertz CT molecular complexity index is 626. The Morgan fingerprint density at radius 3 is 2.90 bits per heavy atom. The molecule has 0 spiro atoms. The van der Waals surface area contributed by atoms with E-state index in [0.717, 1.165) is 6.07 Å². The van der Waals surface area contributed by atoms with E-state index >= 15 is 0 Å². The molecule has 1 aromatic carbocycles. The summed E-state index contributed by atoms with van der Waals surface area (Å²) in [5, 5.41) is 19.6. The van der Waals surface area contributed by atoms with Gasteiger partial charge in [0.25, 0.3) is 11.6 Å². The number of anilines is 1. The Labute approximate surface area is 112 Å². The highest BCUT2D eigenvalue weighted by molar-refractivity contribution is 5.95. The number of nitro benzene ring substituents is 1. The molecule has 0 aliphatic rings. The van der Waals surface area contributed by atoms with Crippen LogP contribution in [0.25, 0.3) is 0 Å². The van der Waals surface area contributed by atoms with Gasteiger partial charge in [-0.05, 0) is 12.1 Å². The largest absolute Gasteiger partial charge is 0.345 e. The zero-order chi connectivity index (χ0) is 14.5. The van der Waals surface area contributed by atoms with Crippen molar-refractivity contribution in [3.63, 3.8) is 0 Å². The molecule has 1 heterocycles. The molecule has 2 aromatic rings. The average molecular weight is 277 g/mol. The molecule has 0 aliphatic carbocycles. The van der Waals surface area contributed by atoms with Crippen molar-refractivity contribution in [3.8, 4) is 0 Å². The van der Waals surface area contributed by atoms with E-state index in [1.54, 1.807) is 0 Å². The minimum absolute atomic E-state index is 0.127. The van der Waals surface area contributed by atoms with Crippen LogP contribution < -0.4 is 16.6 Å². The number of H-pyrrole nitrogens is 1. The van der Waals surface area contributed by atoms with Crippen LogP contribution in [0.1, 0.15) is 16.2 Å². The number of carbonyl (C=O) groups excluding carboxylic acids is 1. The van der Waals surface area contributed by atoms with Gasteiger partial charge in [0.15, 0.2) is 0 Å². The second-order valence-corrected chi connectivity index (χ2v) is 3.75. The van der Waals surface area contributed by atoms with Gasteiger partial charge >= 0.3 is 0 Å². The van der Waals surface area contributed by atoms with E-state index in [-0.39, 0.29) is 23.5 Å². The molecule has 104 valence electrons. The molecule has 0 aliphatic heterocycles. The summed E-state index contributed by atoms with van der Waals surface area (Å²) < 4.78 is 0. The zero-order valence-electron chi connectivity index (χ0n) is 10.2. The van der Waals surface area contributed by atoms with Crippen LogP contribution in [0.5, 0.6) is 0 Å². The number of nitrogens with two attached hydrogens (primary N) is 1. The van der Waals surface area contributed by atoms with Gasteiger partial charge in [-0.1, -0.05) is 0 Å². The van der Waals surface area contributed by atoms with Crippen LogP contribution in [0.3, 0.4) is 0 Å². The number of nitro groups is 1. The first-order valence-electron chi connectivity index (χ1n) is 5.49. The summed E-state index contributed by atoms with van der Waals surface area (Å²) in [5.41, 5.74) is 2.20. The van der Waals surface area contributed by atoms with Gasteiger partial charge in [-0.15, -0.1) is 0 Å². The maximum Gasteiger partial charge on any atom is 0.294 e. The molecule has 10 nitrogen and oxygen atoms in total. The van der Waals surface area contributed by atoms with E-state index in [1.165, 1.54) is 18.5 Å². The fourth-order valence-corrected chi connectivity index (χ4v) is 1.53. The molecule has 1 amide bonds. The van der Waals surface area contributed by atoms with Crippen molar-refractivity contribution in [2.75, 3.05) is 5.43 Å². The third-order valence-electron chi connectivity index (χ3n) is 2.49. The number of benzene rings is 1. The lowest BCUT2D eigenvalue weighted by Gasteiger charge is -2.05. The number of hydrazine groups is 1. The van der Waals surface area contributed by atoms with Gasteiger partial charge in [-0.3, -0.25) is 25.9 Å². The Hall–Kier alpha value is -3.01. The highest BCUT2D eigenvalue weighted by Crippen LogP contribution is 2.24. The lowest BCUT2D eigenvalue weighted by molar-refractivity contribution is -0.384. The van der Waals surface area contributed by atoms with Crippen molar-refractivity contribution in [2.45, 2.75) is 6.54 Å². The van der Waals surface area contributed by atoms with E-state index in [1.807, 2.05) is 0 Å². The number of aromatic nitrogens is 3. The van der Waals surface area contributed by atoms with Gasteiger partial charge in [0.1, 0.15) is 17.8 Å². The summed E-state index contributed by atoms with van der Waals surface area (Å²) in [6, 6.07) is 3.93. The quantitative estimate of drug-likeness (QED) is 0.339. The molecule has 0 bridgehead atoms. The molecule has 0 saturated carbocycles. The molecule has 1 aromatic heterocycles. The Balaban J connectivity index is 2.13. The topological polar surface area (TPSA) is 152 Å². The smallest absolute Gasteiger partial charge is 0.294 e. The van der Waals surface area contributed by atoms with Gasteiger partial charge < -0.3 is 10.7 Å². The van der Waals surface area contributed by atoms with Crippen molar-refractivity contribution in [2.24, 2.45) is 5.84 Å². The Kier molecular flexibility index (Phi) is 3.86. The van der Waals surface area contributed by atoms with E-state index < -0.39 is 10.8 Å². The number of carbonyl (C=O) groups is 1. The van der Waals surface area contributed by atoms with Gasteiger partial charge in [0.05, 0.1) is 11.5 Å². The van der Waals surface area contributed by atoms with Gasteiger partial charge in [-0.2, -0.15) is 5.10 Å². The number of nitrogens with one attached hydrogen (secondary N) is 3. The van der Waals surface area contributed by atoms with Crippen molar-refractivity contribution >= 4 is 17.3 Å². The lowest BCUT2D eigenvalue weighted by atomic mass is 10.1. The molecule has 2 rings (SSSR count). The number of nitrogen functional groups attached to an aromatic ring is 1. The molecular formula is C10H11N7O3. The van der Waals surface area contributed by atoms with Crippen molar-refractivity contribution in [1.82, 2.24) is 20.5 Å². The molecule has 0 fully saturated rings. The monoisotopic (exact) mass is 277 g/mol. The van der Waals surface area contributed by atoms with E-state index in [2.05, 4.69) is 25.9 Å². The van der Waals surface area contributed by atoms with Crippen LogP contribution in [0.4, 0.5) is 11.4 Å². The zero-order valence-corrected chi connectivity index (χ0v) is 10.2. The predicted molar refractivity (Wildman–Crippen MR) is 68.5 cm³/mol. The summed E-state index contributed by atoms with van der Waals surface area (Å²) in [7, 11) is 0.